The van der Waals surface area contributed by atoms with Crippen LogP contribution in [0.5, 0.6) is 5.75 Å². The number of anilines is 1. The molecule has 1 aliphatic rings. The van der Waals surface area contributed by atoms with Crippen molar-refractivity contribution < 1.29 is 47.2 Å². The smallest absolute Gasteiger partial charge is 0.362 e. The van der Waals surface area contributed by atoms with Crippen LogP contribution in [0.25, 0.3) is 11.5 Å². The number of carboxylic acid groups (broad SMARTS) is 1. The molecule has 4 heterocycles. The number of β-lactam (4-membered cyclic amide) rings is 1. The Labute approximate surface area is 255 Å². The highest BCUT2D eigenvalue weighted by Gasteiger charge is 2.54. The molecule has 1 aliphatic heterocycles. The Morgan fingerprint density at radius 3 is 2.56 bits per heavy atom. The molecule has 3 aromatic heterocycles. The van der Waals surface area contributed by atoms with Crippen LogP contribution < -0.4 is 21.8 Å². The largest absolute Gasteiger partial charge is 0.503 e. The number of pyridine rings is 1. The minimum Gasteiger partial charge on any atom is -0.503 e. The molecular weight excluding hydrogens is 642 g/mol. The molecule has 20 nitrogen and oxygen atoms in total. The Hall–Kier alpha value is -5.48. The highest BCUT2D eigenvalue weighted by atomic mass is 32.2. The van der Waals surface area contributed by atoms with Crippen LogP contribution >= 0.6 is 11.3 Å². The van der Waals surface area contributed by atoms with E-state index < -0.39 is 75.1 Å². The van der Waals surface area contributed by atoms with Crippen molar-refractivity contribution in [1.82, 2.24) is 34.9 Å². The topological polar surface area (TPSA) is 310 Å². The quantitative estimate of drug-likeness (QED) is 0.0508. The van der Waals surface area contributed by atoms with Gasteiger partial charge < -0.3 is 36.4 Å². The number of carbonyl (C=O) groups is 4. The normalized spacial score (nSPS) is 16.9. The molecule has 8 N–H and O–H groups in total. The lowest BCUT2D eigenvalue weighted by Crippen LogP contribution is -2.74. The van der Waals surface area contributed by atoms with Gasteiger partial charge in [-0.2, -0.15) is 8.42 Å². The average Bonchev–Trinajstić information content (AvgIpc) is 3.39. The number of amides is 3. The van der Waals surface area contributed by atoms with E-state index in [-0.39, 0.29) is 32.3 Å². The predicted octanol–water partition coefficient (Wildman–Crippen LogP) is -1.91. The SMILES string of the molecule is CC(C)(ON=C(C(=O)N[C@@H]1C(=O)N(S(=O)(=O)O)[C@H]1CNC(=O)c1ccnc(-c2cc(=O)c(O)c[nH]2)n1)c1csc(N)n1)C(=O)O. The van der Waals surface area contributed by atoms with Crippen LogP contribution in [0.3, 0.4) is 0 Å². The highest BCUT2D eigenvalue weighted by molar-refractivity contribution is 7.84. The van der Waals surface area contributed by atoms with E-state index in [4.69, 9.17) is 10.6 Å². The molecule has 238 valence electrons. The standard InChI is InChI=1S/C23H23N9O11S2/c1-23(2,21(38)39)43-31-15(11-8-44-22(24)29-11)19(36)30-16-12(32(20(16)37)45(40,41)42)6-27-18(35)9-3-4-25-17(28-9)10-5-13(33)14(34)7-26-10/h3-5,7-8,12,16,34H,6H2,1-2H3,(H2,24,29)(H,26,33)(H,27,35)(H,30,36)(H,38,39)(H,40,41,42)/t12-,16-/m0/s1. The third-order valence-corrected chi connectivity index (χ3v) is 7.68. The van der Waals surface area contributed by atoms with E-state index in [1.165, 1.54) is 17.6 Å². The van der Waals surface area contributed by atoms with Crippen molar-refractivity contribution in [1.29, 1.82) is 0 Å². The van der Waals surface area contributed by atoms with Crippen LogP contribution in [0.2, 0.25) is 0 Å². The second-order valence-corrected chi connectivity index (χ2v) is 11.8. The number of carboxylic acids is 1. The zero-order valence-electron chi connectivity index (χ0n) is 23.0. The van der Waals surface area contributed by atoms with E-state index in [9.17, 15) is 47.2 Å². The number of aromatic amines is 1. The lowest BCUT2D eigenvalue weighted by atomic mass is 9.98. The molecule has 22 heteroatoms. The first-order valence-electron chi connectivity index (χ1n) is 12.4. The van der Waals surface area contributed by atoms with Crippen molar-refractivity contribution in [3.8, 4) is 17.3 Å². The number of rotatable bonds is 11. The van der Waals surface area contributed by atoms with E-state index in [1.807, 2.05) is 0 Å². The first-order valence-corrected chi connectivity index (χ1v) is 14.6. The lowest BCUT2D eigenvalue weighted by Gasteiger charge is -2.44. The summed E-state index contributed by atoms with van der Waals surface area (Å²) in [6.45, 7) is 1.66. The van der Waals surface area contributed by atoms with Gasteiger partial charge in [-0.3, -0.25) is 23.7 Å². The molecule has 1 fully saturated rings. The summed E-state index contributed by atoms with van der Waals surface area (Å²) in [7, 11) is -5.15. The number of nitrogens with two attached hydrogens (primary N) is 1. The molecule has 0 aliphatic carbocycles. The van der Waals surface area contributed by atoms with Gasteiger partial charge in [0.2, 0.25) is 11.0 Å². The van der Waals surface area contributed by atoms with E-state index in [0.29, 0.717) is 0 Å². The molecule has 0 bridgehead atoms. The van der Waals surface area contributed by atoms with Crippen LogP contribution in [0.1, 0.15) is 30.0 Å². The summed E-state index contributed by atoms with van der Waals surface area (Å²) in [4.78, 5) is 81.4. The molecule has 0 radical (unpaired) electrons. The fourth-order valence-corrected chi connectivity index (χ4v) is 5.09. The number of nitrogen functional groups attached to an aromatic ring is 1. The number of oxime groups is 1. The van der Waals surface area contributed by atoms with Gasteiger partial charge in [0, 0.05) is 30.4 Å². The average molecular weight is 666 g/mol. The third kappa shape index (κ3) is 7.02. The van der Waals surface area contributed by atoms with Gasteiger partial charge in [-0.1, -0.05) is 5.16 Å². The summed E-state index contributed by atoms with van der Waals surface area (Å²) in [5.74, 6) is -5.41. The number of nitrogens with one attached hydrogen (secondary N) is 3. The molecule has 2 atom stereocenters. The van der Waals surface area contributed by atoms with Crippen LogP contribution in [0.4, 0.5) is 5.13 Å². The second-order valence-electron chi connectivity index (χ2n) is 9.62. The number of aromatic nitrogens is 4. The molecule has 3 aromatic rings. The summed E-state index contributed by atoms with van der Waals surface area (Å²) in [5.41, 5.74) is 2.02. The van der Waals surface area contributed by atoms with Crippen LogP contribution in [-0.4, -0.2) is 101 Å². The van der Waals surface area contributed by atoms with Crippen molar-refractivity contribution in [2.45, 2.75) is 31.5 Å². The Morgan fingerprint density at radius 2 is 1.96 bits per heavy atom. The van der Waals surface area contributed by atoms with Crippen molar-refractivity contribution in [3.63, 3.8) is 0 Å². The number of hydrogen-bond acceptors (Lipinski definition) is 15. The van der Waals surface area contributed by atoms with Crippen molar-refractivity contribution >= 4 is 56.2 Å². The molecule has 0 saturated carbocycles. The third-order valence-electron chi connectivity index (χ3n) is 6.06. The number of thiazole rings is 1. The van der Waals surface area contributed by atoms with Gasteiger partial charge in [0.1, 0.15) is 17.4 Å². The van der Waals surface area contributed by atoms with Crippen molar-refractivity contribution in [3.05, 3.63) is 51.5 Å². The van der Waals surface area contributed by atoms with E-state index in [0.717, 1.165) is 37.4 Å². The van der Waals surface area contributed by atoms with Crippen LogP contribution in [0, 0.1) is 0 Å². The minimum absolute atomic E-state index is 0.00509. The number of aromatic hydroxyl groups is 1. The number of carbonyl (C=O) groups excluding carboxylic acids is 3. The van der Waals surface area contributed by atoms with E-state index in [2.05, 4.69) is 35.7 Å². The summed E-state index contributed by atoms with van der Waals surface area (Å²) in [6, 6.07) is -1.01. The second kappa shape index (κ2) is 12.3. The Kier molecular flexibility index (Phi) is 8.83. The number of nitrogens with zero attached hydrogens (tertiary/aromatic N) is 5. The maximum Gasteiger partial charge on any atom is 0.362 e. The van der Waals surface area contributed by atoms with Gasteiger partial charge in [0.05, 0.1) is 11.7 Å². The Morgan fingerprint density at radius 1 is 1.24 bits per heavy atom. The fourth-order valence-electron chi connectivity index (χ4n) is 3.67. The highest BCUT2D eigenvalue weighted by Crippen LogP contribution is 2.24. The zero-order chi connectivity index (χ0) is 33.3. The first-order chi connectivity index (χ1) is 21.0. The molecule has 4 rings (SSSR count). The Balaban J connectivity index is 1.55. The monoisotopic (exact) mass is 665 g/mol. The molecule has 45 heavy (non-hydrogen) atoms. The zero-order valence-corrected chi connectivity index (χ0v) is 24.6. The lowest BCUT2D eigenvalue weighted by molar-refractivity contribution is -0.161. The van der Waals surface area contributed by atoms with Crippen LogP contribution in [0.15, 0.2) is 39.9 Å². The maximum absolute atomic E-state index is 13.2. The van der Waals surface area contributed by atoms with Crippen LogP contribution in [-0.2, 0) is 29.5 Å². The van der Waals surface area contributed by atoms with Gasteiger partial charge >= 0.3 is 16.3 Å². The molecule has 1 saturated heterocycles. The number of H-pyrrole nitrogens is 1. The van der Waals surface area contributed by atoms with E-state index in [1.54, 1.807) is 0 Å². The molecule has 3 amide bonds. The van der Waals surface area contributed by atoms with Gasteiger partial charge in [0.25, 0.3) is 17.7 Å². The van der Waals surface area contributed by atoms with Crippen molar-refractivity contribution in [2.24, 2.45) is 5.16 Å². The first kappa shape index (κ1) is 32.4. The van der Waals surface area contributed by atoms with Gasteiger partial charge in [0.15, 0.2) is 22.4 Å². The molecule has 0 aromatic carbocycles. The molecule has 0 spiro atoms. The summed E-state index contributed by atoms with van der Waals surface area (Å²) in [5, 5.41) is 28.2. The Bertz CT molecular complexity index is 1890. The number of hydrogen-bond donors (Lipinski definition) is 7. The summed E-state index contributed by atoms with van der Waals surface area (Å²) < 4.78 is 33.5. The predicted molar refractivity (Wildman–Crippen MR) is 152 cm³/mol. The number of aliphatic carboxylic acids is 1. The fraction of sp³-hybridized carbons (Fsp3) is 0.261. The molecular formula is C23H23N9O11S2. The van der Waals surface area contributed by atoms with E-state index >= 15 is 0 Å². The summed E-state index contributed by atoms with van der Waals surface area (Å²) >= 11 is 0.903. The van der Waals surface area contributed by atoms with Gasteiger partial charge in [-0.15, -0.1) is 11.3 Å². The van der Waals surface area contributed by atoms with Gasteiger partial charge in [-0.25, -0.2) is 24.1 Å². The maximum atomic E-state index is 13.2. The minimum atomic E-state index is -5.15. The molecule has 0 unspecified atom stereocenters. The van der Waals surface area contributed by atoms with Gasteiger partial charge in [-0.05, 0) is 19.9 Å². The van der Waals surface area contributed by atoms with Crippen molar-refractivity contribution in [2.75, 3.05) is 12.3 Å². The summed E-state index contributed by atoms with van der Waals surface area (Å²) in [6.07, 6.45) is 2.18.